The molecule has 7 heteroatoms. The Hall–Kier alpha value is -2.02. The molecule has 2 N–H and O–H groups in total. The van der Waals surface area contributed by atoms with E-state index < -0.39 is 5.60 Å². The molecule has 0 unspecified atom stereocenters. The summed E-state index contributed by atoms with van der Waals surface area (Å²) in [6, 6.07) is 3.05. The van der Waals surface area contributed by atoms with Gasteiger partial charge < -0.3 is 10.5 Å². The van der Waals surface area contributed by atoms with Crippen LogP contribution in [0.4, 0.5) is 10.1 Å². The quantitative estimate of drug-likeness (QED) is 0.863. The van der Waals surface area contributed by atoms with Crippen LogP contribution < -0.4 is 5.73 Å². The summed E-state index contributed by atoms with van der Waals surface area (Å²) in [4.78, 5) is 0. The third kappa shape index (κ3) is 2.77. The van der Waals surface area contributed by atoms with Crippen molar-refractivity contribution >= 4 is 5.69 Å². The topological polar surface area (TPSA) is 78.8 Å². The summed E-state index contributed by atoms with van der Waals surface area (Å²) >= 11 is 0. The highest BCUT2D eigenvalue weighted by Gasteiger charge is 2.21. The van der Waals surface area contributed by atoms with Crippen LogP contribution in [0, 0.1) is 12.7 Å². The SMILES string of the molecule is COC(C)(C)Cn1nnnc1-c1cc(N)c(C)c(F)c1. The Bertz CT molecular complexity index is 600. The van der Waals surface area contributed by atoms with Gasteiger partial charge in [0.15, 0.2) is 5.82 Å². The Labute approximate surface area is 116 Å². The number of anilines is 1. The minimum atomic E-state index is -0.432. The van der Waals surface area contributed by atoms with Crippen LogP contribution in [0.3, 0.4) is 0 Å². The van der Waals surface area contributed by atoms with Gasteiger partial charge in [-0.1, -0.05) is 0 Å². The molecule has 108 valence electrons. The monoisotopic (exact) mass is 279 g/mol. The molecule has 0 bridgehead atoms. The normalized spacial score (nSPS) is 11.8. The molecule has 0 radical (unpaired) electrons. The van der Waals surface area contributed by atoms with Gasteiger partial charge in [0, 0.05) is 23.9 Å². The van der Waals surface area contributed by atoms with E-state index in [1.165, 1.54) is 6.07 Å². The van der Waals surface area contributed by atoms with E-state index in [1.54, 1.807) is 24.8 Å². The number of benzene rings is 1. The zero-order chi connectivity index (χ0) is 14.9. The number of nitrogen functional groups attached to an aromatic ring is 1. The second-order valence-corrected chi connectivity index (χ2v) is 5.30. The molecule has 0 amide bonds. The molecule has 0 saturated heterocycles. The van der Waals surface area contributed by atoms with E-state index in [0.717, 1.165) is 0 Å². The number of nitrogens with two attached hydrogens (primary N) is 1. The molecule has 0 aliphatic rings. The molecule has 0 saturated carbocycles. The molecule has 0 aliphatic carbocycles. The first-order chi connectivity index (χ1) is 9.34. The van der Waals surface area contributed by atoms with Gasteiger partial charge in [0.05, 0.1) is 12.1 Å². The fraction of sp³-hybridized carbons (Fsp3) is 0.462. The van der Waals surface area contributed by atoms with E-state index in [2.05, 4.69) is 15.5 Å². The molecule has 6 nitrogen and oxygen atoms in total. The minimum Gasteiger partial charge on any atom is -0.398 e. The minimum absolute atomic E-state index is 0.374. The summed E-state index contributed by atoms with van der Waals surface area (Å²) in [6.45, 7) is 5.91. The molecule has 1 aromatic carbocycles. The highest BCUT2D eigenvalue weighted by Crippen LogP contribution is 2.25. The van der Waals surface area contributed by atoms with E-state index >= 15 is 0 Å². The lowest BCUT2D eigenvalue weighted by atomic mass is 10.1. The zero-order valence-corrected chi connectivity index (χ0v) is 12.0. The van der Waals surface area contributed by atoms with Crippen LogP contribution >= 0.6 is 0 Å². The maximum absolute atomic E-state index is 13.8. The molecule has 1 heterocycles. The van der Waals surface area contributed by atoms with Crippen LogP contribution in [0.15, 0.2) is 12.1 Å². The van der Waals surface area contributed by atoms with Crippen molar-refractivity contribution in [2.45, 2.75) is 32.9 Å². The second-order valence-electron chi connectivity index (χ2n) is 5.30. The van der Waals surface area contributed by atoms with E-state index in [4.69, 9.17) is 10.5 Å². The lowest BCUT2D eigenvalue weighted by Crippen LogP contribution is -2.30. The number of ether oxygens (including phenoxy) is 1. The molecule has 0 aliphatic heterocycles. The van der Waals surface area contributed by atoms with Crippen molar-refractivity contribution in [3.05, 3.63) is 23.5 Å². The molecule has 2 aromatic rings. The first kappa shape index (κ1) is 14.4. The molecule has 20 heavy (non-hydrogen) atoms. The van der Waals surface area contributed by atoms with Gasteiger partial charge in [-0.15, -0.1) is 5.10 Å². The van der Waals surface area contributed by atoms with E-state index in [-0.39, 0.29) is 5.82 Å². The number of halogens is 1. The summed E-state index contributed by atoms with van der Waals surface area (Å²) in [5.41, 5.74) is 6.70. The fourth-order valence-electron chi connectivity index (χ4n) is 1.77. The van der Waals surface area contributed by atoms with Crippen molar-refractivity contribution in [2.75, 3.05) is 12.8 Å². The molecule has 0 spiro atoms. The number of hydrogen-bond donors (Lipinski definition) is 1. The maximum Gasteiger partial charge on any atom is 0.182 e. The van der Waals surface area contributed by atoms with E-state index in [0.29, 0.717) is 29.2 Å². The fourth-order valence-corrected chi connectivity index (χ4v) is 1.77. The Kier molecular flexibility index (Phi) is 3.71. The molecule has 1 aromatic heterocycles. The van der Waals surface area contributed by atoms with Crippen molar-refractivity contribution in [2.24, 2.45) is 0 Å². The summed E-state index contributed by atoms with van der Waals surface area (Å²) in [7, 11) is 1.62. The van der Waals surface area contributed by atoms with E-state index in [9.17, 15) is 4.39 Å². The Balaban J connectivity index is 2.42. The molecule has 0 atom stereocenters. The van der Waals surface area contributed by atoms with Crippen LogP contribution in [0.2, 0.25) is 0 Å². The van der Waals surface area contributed by atoms with Crippen LogP contribution in [-0.2, 0) is 11.3 Å². The van der Waals surface area contributed by atoms with Crippen LogP contribution in [-0.4, -0.2) is 32.9 Å². The Morgan fingerprint density at radius 1 is 1.40 bits per heavy atom. The summed E-state index contributed by atoms with van der Waals surface area (Å²) in [6.07, 6.45) is 0. The number of methoxy groups -OCH3 is 1. The number of rotatable bonds is 4. The maximum atomic E-state index is 13.8. The van der Waals surface area contributed by atoms with Gasteiger partial charge >= 0.3 is 0 Å². The summed E-state index contributed by atoms with van der Waals surface area (Å²) in [5, 5.41) is 11.5. The Morgan fingerprint density at radius 2 is 2.10 bits per heavy atom. The zero-order valence-electron chi connectivity index (χ0n) is 12.0. The predicted molar refractivity (Wildman–Crippen MR) is 73.4 cm³/mol. The highest BCUT2D eigenvalue weighted by molar-refractivity contribution is 5.63. The van der Waals surface area contributed by atoms with E-state index in [1.807, 2.05) is 13.8 Å². The van der Waals surface area contributed by atoms with Crippen molar-refractivity contribution in [3.63, 3.8) is 0 Å². The van der Waals surface area contributed by atoms with Crippen molar-refractivity contribution in [3.8, 4) is 11.4 Å². The van der Waals surface area contributed by atoms with Crippen molar-refractivity contribution < 1.29 is 9.13 Å². The van der Waals surface area contributed by atoms with Crippen LogP contribution in [0.25, 0.3) is 11.4 Å². The van der Waals surface area contributed by atoms with Crippen molar-refractivity contribution in [1.29, 1.82) is 0 Å². The summed E-state index contributed by atoms with van der Waals surface area (Å²) < 4.78 is 20.7. The number of hydrogen-bond acceptors (Lipinski definition) is 5. The lowest BCUT2D eigenvalue weighted by Gasteiger charge is -2.22. The third-order valence-corrected chi connectivity index (χ3v) is 3.26. The van der Waals surface area contributed by atoms with Gasteiger partial charge in [-0.3, -0.25) is 0 Å². The standard InChI is InChI=1S/C13H18FN5O/c1-8-10(14)5-9(6-11(8)15)12-16-17-18-19(12)7-13(2,3)20-4/h5-6H,7,15H2,1-4H3. The number of nitrogens with zero attached hydrogens (tertiary/aromatic N) is 4. The van der Waals surface area contributed by atoms with Gasteiger partial charge in [0.1, 0.15) is 5.82 Å². The van der Waals surface area contributed by atoms with Gasteiger partial charge in [0.25, 0.3) is 0 Å². The molecular formula is C13H18FN5O. The molecule has 2 rings (SSSR count). The lowest BCUT2D eigenvalue weighted by molar-refractivity contribution is 0.00538. The highest BCUT2D eigenvalue weighted by atomic mass is 19.1. The van der Waals surface area contributed by atoms with Crippen LogP contribution in [0.5, 0.6) is 0 Å². The molecule has 0 fully saturated rings. The van der Waals surface area contributed by atoms with Gasteiger partial charge in [0.2, 0.25) is 0 Å². The second kappa shape index (κ2) is 5.16. The molecular weight excluding hydrogens is 261 g/mol. The van der Waals surface area contributed by atoms with Crippen molar-refractivity contribution in [1.82, 2.24) is 20.2 Å². The number of aromatic nitrogens is 4. The van der Waals surface area contributed by atoms with Crippen LogP contribution in [0.1, 0.15) is 19.4 Å². The average molecular weight is 279 g/mol. The Morgan fingerprint density at radius 3 is 2.70 bits per heavy atom. The smallest absolute Gasteiger partial charge is 0.182 e. The first-order valence-electron chi connectivity index (χ1n) is 6.21. The number of tetrazole rings is 1. The van der Waals surface area contributed by atoms with Gasteiger partial charge in [-0.25, -0.2) is 9.07 Å². The van der Waals surface area contributed by atoms with Gasteiger partial charge in [-0.05, 0) is 43.3 Å². The average Bonchev–Trinajstić information content (AvgIpc) is 2.82. The predicted octanol–water partition coefficient (Wildman–Crippen LogP) is 1.79. The summed E-state index contributed by atoms with van der Waals surface area (Å²) in [5.74, 6) is 0.0845. The third-order valence-electron chi connectivity index (χ3n) is 3.26. The largest absolute Gasteiger partial charge is 0.398 e. The first-order valence-corrected chi connectivity index (χ1v) is 6.21. The van der Waals surface area contributed by atoms with Gasteiger partial charge in [-0.2, -0.15) is 0 Å².